The zero-order valence-electron chi connectivity index (χ0n) is 8.03. The second-order valence-electron chi connectivity index (χ2n) is 3.20. The Balaban J connectivity index is 2.08. The third kappa shape index (κ3) is 2.53. The molecule has 0 aromatic carbocycles. The van der Waals surface area contributed by atoms with Gasteiger partial charge in [-0.05, 0) is 6.07 Å². The smallest absolute Gasteiger partial charge is 0.282 e. The Bertz CT molecular complexity index is 447. The van der Waals surface area contributed by atoms with E-state index in [4.69, 9.17) is 23.2 Å². The van der Waals surface area contributed by atoms with Gasteiger partial charge in [-0.25, -0.2) is 0 Å². The van der Waals surface area contributed by atoms with Crippen molar-refractivity contribution in [2.45, 2.75) is 0 Å². The van der Waals surface area contributed by atoms with Gasteiger partial charge in [-0.2, -0.15) is 0 Å². The standard InChI is InChI=1S/C9H7Cl2NO2S2/c10-7-3-5(8(11)16-7)6(13)4-12-1-2-15-9(12)14/h3H,1-2,4H2. The molecule has 1 fully saturated rings. The minimum atomic E-state index is -0.163. The first-order chi connectivity index (χ1) is 7.58. The van der Waals surface area contributed by atoms with Crippen molar-refractivity contribution in [1.82, 2.24) is 4.90 Å². The number of thiophene rings is 1. The average molecular weight is 296 g/mol. The van der Waals surface area contributed by atoms with Crippen molar-refractivity contribution >= 4 is 57.3 Å². The maximum atomic E-state index is 11.8. The molecule has 0 atom stereocenters. The summed E-state index contributed by atoms with van der Waals surface area (Å²) in [4.78, 5) is 24.7. The Labute approximate surface area is 111 Å². The van der Waals surface area contributed by atoms with Crippen LogP contribution in [0.1, 0.15) is 10.4 Å². The van der Waals surface area contributed by atoms with E-state index in [9.17, 15) is 9.59 Å². The molecule has 1 aliphatic heterocycles. The summed E-state index contributed by atoms with van der Waals surface area (Å²) in [5.41, 5.74) is 0.404. The molecule has 0 aliphatic carbocycles. The Morgan fingerprint density at radius 3 is 2.75 bits per heavy atom. The first-order valence-electron chi connectivity index (χ1n) is 4.47. The molecule has 2 rings (SSSR count). The SMILES string of the molecule is O=C(CN1CCSC1=O)c1cc(Cl)sc1Cl. The van der Waals surface area contributed by atoms with Crippen molar-refractivity contribution in [3.63, 3.8) is 0 Å². The summed E-state index contributed by atoms with van der Waals surface area (Å²) in [6.45, 7) is 0.698. The van der Waals surface area contributed by atoms with E-state index in [2.05, 4.69) is 0 Å². The summed E-state index contributed by atoms with van der Waals surface area (Å²) < 4.78 is 0.866. The van der Waals surface area contributed by atoms with Crippen LogP contribution in [0.25, 0.3) is 0 Å². The fourth-order valence-corrected chi connectivity index (χ4v) is 3.68. The average Bonchev–Trinajstić information content (AvgIpc) is 2.74. The molecule has 0 N–H and O–H groups in total. The third-order valence-corrected chi connectivity index (χ3v) is 4.52. The minimum absolute atomic E-state index is 0.0502. The number of carbonyl (C=O) groups is 2. The van der Waals surface area contributed by atoms with Gasteiger partial charge >= 0.3 is 0 Å². The largest absolute Gasteiger partial charge is 0.325 e. The monoisotopic (exact) mass is 295 g/mol. The topological polar surface area (TPSA) is 37.4 Å². The van der Waals surface area contributed by atoms with Gasteiger partial charge in [-0.15, -0.1) is 11.3 Å². The van der Waals surface area contributed by atoms with Crippen molar-refractivity contribution in [3.8, 4) is 0 Å². The van der Waals surface area contributed by atoms with Crippen molar-refractivity contribution in [2.24, 2.45) is 0 Å². The number of hydrogen-bond acceptors (Lipinski definition) is 4. The van der Waals surface area contributed by atoms with Crippen molar-refractivity contribution < 1.29 is 9.59 Å². The van der Waals surface area contributed by atoms with Gasteiger partial charge in [0.1, 0.15) is 4.34 Å². The van der Waals surface area contributed by atoms with Gasteiger partial charge in [-0.3, -0.25) is 9.59 Å². The molecule has 0 spiro atoms. The minimum Gasteiger partial charge on any atom is -0.325 e. The predicted molar refractivity (Wildman–Crippen MR) is 68.1 cm³/mol. The number of amides is 1. The van der Waals surface area contributed by atoms with Gasteiger partial charge in [0.15, 0.2) is 5.78 Å². The Hall–Kier alpha value is -0.230. The van der Waals surface area contributed by atoms with Crippen molar-refractivity contribution in [3.05, 3.63) is 20.3 Å². The number of nitrogens with zero attached hydrogens (tertiary/aromatic N) is 1. The number of thioether (sulfide) groups is 1. The lowest BCUT2D eigenvalue weighted by Gasteiger charge is -2.12. The van der Waals surface area contributed by atoms with Crippen LogP contribution >= 0.6 is 46.3 Å². The number of ketones is 1. The normalized spacial score (nSPS) is 15.9. The summed E-state index contributed by atoms with van der Waals surface area (Å²) in [6.07, 6.45) is 0. The van der Waals surface area contributed by atoms with E-state index < -0.39 is 0 Å². The molecule has 3 nitrogen and oxygen atoms in total. The molecule has 0 radical (unpaired) electrons. The highest BCUT2D eigenvalue weighted by Crippen LogP contribution is 2.31. The second kappa shape index (κ2) is 4.96. The maximum Gasteiger partial charge on any atom is 0.282 e. The zero-order chi connectivity index (χ0) is 11.7. The molecule has 16 heavy (non-hydrogen) atoms. The molecule has 1 aromatic heterocycles. The molecule has 7 heteroatoms. The van der Waals surface area contributed by atoms with Crippen LogP contribution in [0.4, 0.5) is 4.79 Å². The van der Waals surface area contributed by atoms with Crippen LogP contribution in [0.2, 0.25) is 8.67 Å². The van der Waals surface area contributed by atoms with Crippen molar-refractivity contribution in [2.75, 3.05) is 18.8 Å². The fourth-order valence-electron chi connectivity index (χ4n) is 1.36. The number of rotatable bonds is 3. The molecular formula is C9H7Cl2NO2S2. The van der Waals surface area contributed by atoms with Crippen LogP contribution in [-0.2, 0) is 0 Å². The summed E-state index contributed by atoms with van der Waals surface area (Å²) >= 11 is 14.0. The first-order valence-corrected chi connectivity index (χ1v) is 7.03. The maximum absolute atomic E-state index is 11.8. The highest BCUT2D eigenvalue weighted by Gasteiger charge is 2.25. The quantitative estimate of drug-likeness (QED) is 0.802. The Morgan fingerprint density at radius 1 is 1.50 bits per heavy atom. The summed E-state index contributed by atoms with van der Waals surface area (Å²) in [5.74, 6) is 0.577. The lowest BCUT2D eigenvalue weighted by molar-refractivity contribution is 0.0956. The van der Waals surface area contributed by atoms with E-state index in [1.165, 1.54) is 16.7 Å². The fraction of sp³-hybridized carbons (Fsp3) is 0.333. The Kier molecular flexibility index (Phi) is 3.79. The number of halogens is 2. The predicted octanol–water partition coefficient (Wildman–Crippen LogP) is 3.41. The molecular weight excluding hydrogens is 289 g/mol. The summed E-state index contributed by atoms with van der Waals surface area (Å²) in [6, 6.07) is 1.55. The highest BCUT2D eigenvalue weighted by molar-refractivity contribution is 8.13. The molecule has 0 bridgehead atoms. The Morgan fingerprint density at radius 2 is 2.25 bits per heavy atom. The highest BCUT2D eigenvalue weighted by atomic mass is 35.5. The third-order valence-electron chi connectivity index (χ3n) is 2.14. The summed E-state index contributed by atoms with van der Waals surface area (Å²) in [5, 5.41) is -0.0502. The molecule has 1 aliphatic rings. The van der Waals surface area contributed by atoms with E-state index >= 15 is 0 Å². The van der Waals surface area contributed by atoms with Crippen LogP contribution in [0.3, 0.4) is 0 Å². The summed E-state index contributed by atoms with van der Waals surface area (Å²) in [7, 11) is 0. The first kappa shape index (κ1) is 12.2. The molecule has 2 heterocycles. The second-order valence-corrected chi connectivity index (χ2v) is 6.53. The molecule has 86 valence electrons. The lowest BCUT2D eigenvalue weighted by atomic mass is 10.2. The zero-order valence-corrected chi connectivity index (χ0v) is 11.2. The van der Waals surface area contributed by atoms with Crippen LogP contribution in [0.15, 0.2) is 6.07 Å². The van der Waals surface area contributed by atoms with Gasteiger partial charge < -0.3 is 4.90 Å². The van der Waals surface area contributed by atoms with E-state index in [-0.39, 0.29) is 17.6 Å². The lowest BCUT2D eigenvalue weighted by Crippen LogP contribution is -2.29. The van der Waals surface area contributed by atoms with E-state index in [1.807, 2.05) is 0 Å². The number of carbonyl (C=O) groups excluding carboxylic acids is 2. The van der Waals surface area contributed by atoms with Gasteiger partial charge in [0.25, 0.3) is 5.24 Å². The van der Waals surface area contributed by atoms with Gasteiger partial charge in [0.2, 0.25) is 0 Å². The molecule has 1 saturated heterocycles. The van der Waals surface area contributed by atoms with Crippen molar-refractivity contribution in [1.29, 1.82) is 0 Å². The molecule has 1 aromatic rings. The van der Waals surface area contributed by atoms with E-state index in [1.54, 1.807) is 6.07 Å². The molecule has 1 amide bonds. The van der Waals surface area contributed by atoms with Crippen LogP contribution in [0, 0.1) is 0 Å². The molecule has 0 unspecified atom stereocenters. The van der Waals surface area contributed by atoms with E-state index in [0.717, 1.165) is 17.1 Å². The molecule has 0 saturated carbocycles. The van der Waals surface area contributed by atoms with Crippen LogP contribution < -0.4 is 0 Å². The van der Waals surface area contributed by atoms with Crippen LogP contribution in [0.5, 0.6) is 0 Å². The van der Waals surface area contributed by atoms with Gasteiger partial charge in [-0.1, -0.05) is 35.0 Å². The van der Waals surface area contributed by atoms with Gasteiger partial charge in [0, 0.05) is 12.3 Å². The van der Waals surface area contributed by atoms with E-state index in [0.29, 0.717) is 20.8 Å². The number of hydrogen-bond donors (Lipinski definition) is 0. The van der Waals surface area contributed by atoms with Crippen LogP contribution in [-0.4, -0.2) is 34.8 Å². The number of Topliss-reactive ketones (excluding diaryl/α,β-unsaturated/α-hetero) is 1. The van der Waals surface area contributed by atoms with Gasteiger partial charge in [0.05, 0.1) is 16.4 Å².